The van der Waals surface area contributed by atoms with E-state index in [2.05, 4.69) is 26.0 Å². The van der Waals surface area contributed by atoms with Crippen molar-refractivity contribution in [2.75, 3.05) is 47.5 Å². The van der Waals surface area contributed by atoms with Crippen LogP contribution in [0.15, 0.2) is 24.3 Å². The Morgan fingerprint density at radius 2 is 1.45 bits per heavy atom. The van der Waals surface area contributed by atoms with E-state index in [1.54, 1.807) is 6.08 Å². The van der Waals surface area contributed by atoms with Gasteiger partial charge in [-0.3, -0.25) is 23.4 Å². The first kappa shape index (κ1) is 51.1. The molecule has 1 aliphatic rings. The normalized spacial score (nSPS) is 19.9. The number of hydrogen-bond donors (Lipinski definition) is 3. The van der Waals surface area contributed by atoms with Gasteiger partial charge in [0.2, 0.25) is 0 Å². The molecule has 0 spiro atoms. The molecular weight excluding hydrogens is 725 g/mol. The lowest BCUT2D eigenvalue weighted by Gasteiger charge is -2.24. The zero-order valence-corrected chi connectivity index (χ0v) is 35.8. The highest BCUT2D eigenvalue weighted by molar-refractivity contribution is 7.47. The fourth-order valence-electron chi connectivity index (χ4n) is 6.42. The summed E-state index contributed by atoms with van der Waals surface area (Å²) in [6.45, 7) is 3.98. The second-order valence-electron chi connectivity index (χ2n) is 16.1. The Kier molecular flexibility index (Phi) is 28.1. The van der Waals surface area contributed by atoms with Crippen LogP contribution in [0.4, 0.5) is 0 Å². The predicted molar refractivity (Wildman–Crippen MR) is 216 cm³/mol. The van der Waals surface area contributed by atoms with Crippen molar-refractivity contribution in [3.8, 4) is 0 Å². The van der Waals surface area contributed by atoms with E-state index in [1.807, 2.05) is 27.2 Å². The van der Waals surface area contributed by atoms with Gasteiger partial charge >= 0.3 is 19.8 Å². The minimum atomic E-state index is -4.43. The van der Waals surface area contributed by atoms with Gasteiger partial charge in [0.25, 0.3) is 0 Å². The zero-order valence-electron chi connectivity index (χ0n) is 34.9. The number of ether oxygens (including phenoxy) is 2. The van der Waals surface area contributed by atoms with E-state index in [-0.39, 0.29) is 50.1 Å². The molecule has 1 fully saturated rings. The van der Waals surface area contributed by atoms with Gasteiger partial charge in [-0.15, -0.1) is 0 Å². The fraction of sp³-hybridized carbons (Fsp3) is 0.833. The summed E-state index contributed by atoms with van der Waals surface area (Å²) in [6.07, 6.45) is 22.8. The summed E-state index contributed by atoms with van der Waals surface area (Å²) < 4.78 is 34.2. The molecule has 55 heavy (non-hydrogen) atoms. The number of carbonyl (C=O) groups excluding carboxylic acids is 3. The average Bonchev–Trinajstić information content (AvgIpc) is 3.39. The second-order valence-corrected chi connectivity index (χ2v) is 17.6. The maximum atomic E-state index is 12.7. The van der Waals surface area contributed by atoms with Gasteiger partial charge in [-0.2, -0.15) is 0 Å². The number of hydrogen-bond acceptors (Lipinski definition) is 10. The quantitative estimate of drug-likeness (QED) is 0.0189. The second kappa shape index (κ2) is 30.2. The molecule has 1 saturated carbocycles. The number of phosphoric ester groups is 1. The van der Waals surface area contributed by atoms with E-state index < -0.39 is 44.7 Å². The third kappa shape index (κ3) is 27.4. The monoisotopic (exact) mass is 803 g/mol. The molecule has 0 aromatic carbocycles. The summed E-state index contributed by atoms with van der Waals surface area (Å²) >= 11 is 0. The summed E-state index contributed by atoms with van der Waals surface area (Å²) in [5, 5.41) is 20.7. The molecule has 12 nitrogen and oxygen atoms in total. The van der Waals surface area contributed by atoms with Crippen molar-refractivity contribution in [3.63, 3.8) is 0 Å². The largest absolute Gasteiger partial charge is 0.472 e. The Hall–Kier alpha value is -1.92. The van der Waals surface area contributed by atoms with Crippen molar-refractivity contribution in [1.29, 1.82) is 0 Å². The summed E-state index contributed by atoms with van der Waals surface area (Å²) in [5.74, 6) is -1.48. The van der Waals surface area contributed by atoms with Crippen LogP contribution in [0, 0.1) is 11.8 Å². The minimum Gasteiger partial charge on any atom is -0.462 e. The van der Waals surface area contributed by atoms with E-state index in [9.17, 15) is 34.1 Å². The molecule has 0 radical (unpaired) electrons. The molecule has 3 N–H and O–H groups in total. The van der Waals surface area contributed by atoms with Crippen LogP contribution in [0.3, 0.4) is 0 Å². The Bertz CT molecular complexity index is 1150. The number of likely N-dealkylation sites (N-methyl/N-ethyl adjacent to an activating group) is 1. The number of ketones is 1. The Morgan fingerprint density at radius 1 is 0.836 bits per heavy atom. The van der Waals surface area contributed by atoms with Crippen molar-refractivity contribution < 1.29 is 57.1 Å². The third-order valence-corrected chi connectivity index (χ3v) is 10.8. The van der Waals surface area contributed by atoms with Crippen LogP contribution >= 0.6 is 7.82 Å². The maximum Gasteiger partial charge on any atom is 0.472 e. The van der Waals surface area contributed by atoms with Crippen LogP contribution in [0.5, 0.6) is 0 Å². The molecule has 0 aromatic rings. The summed E-state index contributed by atoms with van der Waals surface area (Å²) in [5.41, 5.74) is 0. The molecule has 1 aliphatic carbocycles. The van der Waals surface area contributed by atoms with Crippen LogP contribution in [0.2, 0.25) is 0 Å². The van der Waals surface area contributed by atoms with Crippen molar-refractivity contribution in [2.45, 2.75) is 167 Å². The van der Waals surface area contributed by atoms with E-state index in [0.717, 1.165) is 77.0 Å². The van der Waals surface area contributed by atoms with Crippen molar-refractivity contribution in [2.24, 2.45) is 11.8 Å². The fourth-order valence-corrected chi connectivity index (χ4v) is 7.16. The molecule has 0 aliphatic heterocycles. The highest BCUT2D eigenvalue weighted by Crippen LogP contribution is 2.43. The van der Waals surface area contributed by atoms with Crippen molar-refractivity contribution in [1.82, 2.24) is 0 Å². The number of carbonyl (C=O) groups is 3. The molecule has 0 saturated heterocycles. The molecule has 1 unspecified atom stereocenters. The van der Waals surface area contributed by atoms with Crippen LogP contribution in [-0.2, 0) is 37.5 Å². The van der Waals surface area contributed by atoms with Gasteiger partial charge in [-0.25, -0.2) is 4.57 Å². The summed E-state index contributed by atoms with van der Waals surface area (Å²) in [7, 11) is 1.34. The van der Waals surface area contributed by atoms with E-state index in [1.165, 1.54) is 12.8 Å². The number of esters is 2. The van der Waals surface area contributed by atoms with Crippen LogP contribution < -0.4 is 0 Å². The number of unbranched alkanes of at least 4 members (excludes halogenated alkanes) is 12. The first-order chi connectivity index (χ1) is 26.2. The topological polar surface area (TPSA) is 166 Å². The molecule has 0 heterocycles. The minimum absolute atomic E-state index is 0.00820. The van der Waals surface area contributed by atoms with Gasteiger partial charge in [0.15, 0.2) is 6.10 Å². The lowest BCUT2D eigenvalue weighted by molar-refractivity contribution is -0.870. The van der Waals surface area contributed by atoms with Crippen LogP contribution in [-0.4, -0.2) is 103 Å². The van der Waals surface area contributed by atoms with Crippen LogP contribution in [0.1, 0.15) is 149 Å². The molecule has 0 aromatic heterocycles. The van der Waals surface area contributed by atoms with Gasteiger partial charge in [0, 0.05) is 31.1 Å². The molecule has 6 atom stereocenters. The van der Waals surface area contributed by atoms with Crippen molar-refractivity contribution in [3.05, 3.63) is 24.3 Å². The number of phosphoric acid groups is 1. The average molecular weight is 803 g/mol. The smallest absolute Gasteiger partial charge is 0.462 e. The Balaban J connectivity index is 2.50. The zero-order chi connectivity index (χ0) is 41.0. The van der Waals surface area contributed by atoms with E-state index >= 15 is 0 Å². The number of Topliss-reactive ketones (excluding diaryl/α,β-unsaturated/α-hetero) is 1. The van der Waals surface area contributed by atoms with Gasteiger partial charge in [0.1, 0.15) is 25.5 Å². The lowest BCUT2D eigenvalue weighted by atomic mass is 9.88. The van der Waals surface area contributed by atoms with Gasteiger partial charge in [-0.1, -0.05) is 109 Å². The van der Waals surface area contributed by atoms with Gasteiger partial charge in [0.05, 0.1) is 40.0 Å². The Labute approximate surface area is 332 Å². The lowest BCUT2D eigenvalue weighted by Crippen LogP contribution is -2.37. The molecule has 0 bridgehead atoms. The van der Waals surface area contributed by atoms with Crippen LogP contribution in [0.25, 0.3) is 0 Å². The number of aliphatic hydroxyl groups excluding tert-OH is 2. The maximum absolute atomic E-state index is 12.7. The summed E-state index contributed by atoms with van der Waals surface area (Å²) in [4.78, 5) is 48.0. The SMILES string of the molecule is CCCC/C=C\CCCCCCCC(=O)O[C@H](COC(=O)CCCCCC[C@H]1C(=O)C[C@@H](O)[C@@H]1/C=C/[C@@H](O)CCCCC)COP(=O)(O)OCC[N+](C)(C)C. The Morgan fingerprint density at radius 3 is 2.13 bits per heavy atom. The highest BCUT2D eigenvalue weighted by Gasteiger charge is 2.39. The van der Waals surface area contributed by atoms with E-state index in [0.29, 0.717) is 36.7 Å². The predicted octanol–water partition coefficient (Wildman–Crippen LogP) is 8.16. The number of nitrogens with zero attached hydrogens (tertiary/aromatic N) is 1. The molecule has 1 rings (SSSR count). The van der Waals surface area contributed by atoms with Crippen molar-refractivity contribution >= 4 is 25.5 Å². The molecule has 0 amide bonds. The number of rotatable bonds is 34. The van der Waals surface area contributed by atoms with Gasteiger partial charge < -0.3 is 29.1 Å². The number of allylic oxidation sites excluding steroid dienone is 2. The highest BCUT2D eigenvalue weighted by atomic mass is 31.2. The summed E-state index contributed by atoms with van der Waals surface area (Å²) in [6, 6.07) is 0. The molecular formula is C42H77NO11P+. The van der Waals surface area contributed by atoms with Gasteiger partial charge in [-0.05, 0) is 44.9 Å². The number of quaternary nitrogens is 1. The number of aliphatic hydroxyl groups is 2. The first-order valence-corrected chi connectivity index (χ1v) is 22.7. The molecule has 320 valence electrons. The molecule has 13 heteroatoms. The third-order valence-electron chi connectivity index (χ3n) is 9.85. The van der Waals surface area contributed by atoms with E-state index in [4.69, 9.17) is 18.5 Å². The first-order valence-electron chi connectivity index (χ1n) is 21.2. The standard InChI is InChI=1S/C42H76NO11P/c1-6-8-10-11-12-13-14-15-16-17-23-27-42(48)54-36(34-53-55(49,50)52-31-30-43(3,4)5)33-51-41(47)26-22-19-18-21-25-37-38(40(46)32-39(37)45)29-28-35(44)24-20-9-7-2/h11-12,28-29,35-38,40,44,46H,6-10,13-27,30-34H2,1-5H3/p+1/b12-11-,29-28+/t35-,36+,37+,38+,40+/m0/s1.